The van der Waals surface area contributed by atoms with Crippen LogP contribution in [-0.4, -0.2) is 22.8 Å². The lowest BCUT2D eigenvalue weighted by Crippen LogP contribution is -2.09. The van der Waals surface area contributed by atoms with Gasteiger partial charge in [-0.2, -0.15) is 0 Å². The number of rotatable bonds is 3. The molecule has 0 saturated heterocycles. The van der Waals surface area contributed by atoms with Crippen LogP contribution in [0, 0.1) is 0 Å². The summed E-state index contributed by atoms with van der Waals surface area (Å²) >= 11 is 33.6. The fourth-order valence-corrected chi connectivity index (χ4v) is 3.08. The Morgan fingerprint density at radius 2 is 1.21 bits per heavy atom. The fraction of sp³-hybridized carbons (Fsp3) is 0.0714. The van der Waals surface area contributed by atoms with Gasteiger partial charge in [-0.05, 0) is 24.3 Å². The molecule has 0 bridgehead atoms. The molecule has 10 heteroatoms. The number of benzene rings is 2. The van der Waals surface area contributed by atoms with Crippen molar-refractivity contribution in [1.82, 2.24) is 0 Å². The van der Waals surface area contributed by atoms with Gasteiger partial charge in [0.05, 0.1) is 20.1 Å². The summed E-state index contributed by atoms with van der Waals surface area (Å²) in [5, 5.41) is 18.9. The van der Waals surface area contributed by atoms with Crippen molar-refractivity contribution in [2.24, 2.45) is 0 Å². The zero-order valence-corrected chi connectivity index (χ0v) is 16.0. The van der Waals surface area contributed by atoms with Gasteiger partial charge < -0.3 is 14.9 Å². The molecule has 0 aliphatic rings. The van der Waals surface area contributed by atoms with Crippen molar-refractivity contribution in [2.45, 2.75) is 0 Å². The molecule has 24 heavy (non-hydrogen) atoms. The van der Waals surface area contributed by atoms with Crippen LogP contribution in [-0.2, 0) is 4.79 Å². The Kier molecular flexibility index (Phi) is 8.57. The summed E-state index contributed by atoms with van der Waals surface area (Å²) in [6, 6.07) is 5.69. The van der Waals surface area contributed by atoms with Crippen LogP contribution in [0.1, 0.15) is 0 Å². The smallest absolute Gasteiger partial charge is 0.341 e. The highest BCUT2D eigenvalue weighted by molar-refractivity contribution is 6.40. The second kappa shape index (κ2) is 9.66. The lowest BCUT2D eigenvalue weighted by molar-refractivity contribution is -0.139. The number of ether oxygens (including phenoxy) is 1. The Balaban J connectivity index is 0.000000254. The summed E-state index contributed by atoms with van der Waals surface area (Å²) in [6.07, 6.45) is 0. The van der Waals surface area contributed by atoms with Gasteiger partial charge in [-0.1, -0.05) is 69.6 Å². The molecule has 0 amide bonds. The molecule has 0 aromatic heterocycles. The minimum absolute atomic E-state index is 0.125. The van der Waals surface area contributed by atoms with Crippen molar-refractivity contribution in [3.63, 3.8) is 0 Å². The Labute approximate surface area is 167 Å². The van der Waals surface area contributed by atoms with Gasteiger partial charge in [0.1, 0.15) is 0 Å². The zero-order valence-electron chi connectivity index (χ0n) is 11.5. The Morgan fingerprint density at radius 1 is 0.833 bits per heavy atom. The molecule has 0 heterocycles. The molecule has 0 atom stereocenters. The molecule has 130 valence electrons. The minimum atomic E-state index is -1.10. The standard InChI is InChI=1S/C8H5Cl3O3.C6H3Cl3O/c9-4-1-5(10)8(6(11)2-4)14-3-7(12)13;7-3-1-4(8)6(10)5(9)2-3/h1-2H,3H2,(H,12,13);1-2,10H. The number of carboxylic acids is 1. The summed E-state index contributed by atoms with van der Waals surface area (Å²) in [5.74, 6) is -1.11. The van der Waals surface area contributed by atoms with Crippen LogP contribution in [0.25, 0.3) is 0 Å². The summed E-state index contributed by atoms with van der Waals surface area (Å²) in [6.45, 7) is -0.499. The number of carbonyl (C=O) groups is 1. The molecular weight excluding hydrogens is 445 g/mol. The van der Waals surface area contributed by atoms with Gasteiger partial charge in [0, 0.05) is 10.0 Å². The van der Waals surface area contributed by atoms with Crippen LogP contribution in [0.15, 0.2) is 24.3 Å². The molecule has 0 aliphatic carbocycles. The summed E-state index contributed by atoms with van der Waals surface area (Å²) in [4.78, 5) is 10.2. The Hall–Kier alpha value is -0.750. The van der Waals surface area contributed by atoms with Gasteiger partial charge in [-0.3, -0.25) is 0 Å². The summed E-state index contributed by atoms with van der Waals surface area (Å²) < 4.78 is 4.86. The molecule has 0 unspecified atom stereocenters. The van der Waals surface area contributed by atoms with Crippen LogP contribution >= 0.6 is 69.6 Å². The van der Waals surface area contributed by atoms with Crippen molar-refractivity contribution in [1.29, 1.82) is 0 Å². The average Bonchev–Trinajstić information content (AvgIpc) is 2.43. The molecule has 0 fully saturated rings. The number of aromatic hydroxyl groups is 1. The van der Waals surface area contributed by atoms with E-state index in [2.05, 4.69) is 0 Å². The van der Waals surface area contributed by atoms with Crippen molar-refractivity contribution >= 4 is 75.6 Å². The molecule has 0 aliphatic heterocycles. The molecule has 2 N–H and O–H groups in total. The van der Waals surface area contributed by atoms with Crippen molar-refractivity contribution in [3.8, 4) is 11.5 Å². The fourth-order valence-electron chi connectivity index (χ4n) is 1.34. The van der Waals surface area contributed by atoms with E-state index in [4.69, 9.17) is 84.6 Å². The third-order valence-corrected chi connectivity index (χ3v) is 3.86. The first-order valence-electron chi connectivity index (χ1n) is 5.94. The van der Waals surface area contributed by atoms with Gasteiger partial charge in [0.25, 0.3) is 0 Å². The van der Waals surface area contributed by atoms with E-state index < -0.39 is 12.6 Å². The molecular formula is C14H8Cl6O4. The van der Waals surface area contributed by atoms with E-state index in [0.717, 1.165) is 0 Å². The summed E-state index contributed by atoms with van der Waals surface area (Å²) in [5.41, 5.74) is 0. The van der Waals surface area contributed by atoms with E-state index in [1.807, 2.05) is 0 Å². The molecule has 4 nitrogen and oxygen atoms in total. The van der Waals surface area contributed by atoms with Gasteiger partial charge in [0.2, 0.25) is 0 Å². The van der Waals surface area contributed by atoms with E-state index in [1.54, 1.807) is 0 Å². The van der Waals surface area contributed by atoms with Crippen molar-refractivity contribution in [3.05, 3.63) is 54.4 Å². The molecule has 2 rings (SSSR count). The maximum atomic E-state index is 10.2. The van der Waals surface area contributed by atoms with Gasteiger partial charge >= 0.3 is 5.97 Å². The minimum Gasteiger partial charge on any atom is -0.505 e. The van der Waals surface area contributed by atoms with Crippen LogP contribution in [0.5, 0.6) is 11.5 Å². The maximum Gasteiger partial charge on any atom is 0.341 e. The number of hydrogen-bond acceptors (Lipinski definition) is 3. The van der Waals surface area contributed by atoms with E-state index in [0.29, 0.717) is 10.0 Å². The van der Waals surface area contributed by atoms with Gasteiger partial charge in [0.15, 0.2) is 18.1 Å². The zero-order chi connectivity index (χ0) is 18.4. The van der Waals surface area contributed by atoms with Crippen LogP contribution < -0.4 is 4.74 Å². The van der Waals surface area contributed by atoms with Crippen LogP contribution in [0.4, 0.5) is 0 Å². The summed E-state index contributed by atoms with van der Waals surface area (Å²) in [7, 11) is 0. The lowest BCUT2D eigenvalue weighted by atomic mass is 10.3. The second-order valence-corrected chi connectivity index (χ2v) is 6.60. The largest absolute Gasteiger partial charge is 0.505 e. The number of hydrogen-bond donors (Lipinski definition) is 2. The first kappa shape index (κ1) is 21.3. The monoisotopic (exact) mass is 450 g/mol. The molecule has 0 radical (unpaired) electrons. The highest BCUT2D eigenvalue weighted by Gasteiger charge is 2.10. The van der Waals surface area contributed by atoms with E-state index >= 15 is 0 Å². The first-order valence-corrected chi connectivity index (χ1v) is 8.21. The molecule has 2 aromatic carbocycles. The predicted molar refractivity (Wildman–Crippen MR) is 97.7 cm³/mol. The maximum absolute atomic E-state index is 10.2. The van der Waals surface area contributed by atoms with Crippen LogP contribution in [0.2, 0.25) is 30.1 Å². The third-order valence-electron chi connectivity index (χ3n) is 2.28. The third kappa shape index (κ3) is 6.63. The van der Waals surface area contributed by atoms with Gasteiger partial charge in [-0.25, -0.2) is 4.79 Å². The number of aliphatic carboxylic acids is 1. The highest BCUT2D eigenvalue weighted by Crippen LogP contribution is 2.36. The molecule has 2 aromatic rings. The second-order valence-electron chi connectivity index (χ2n) is 4.10. The Morgan fingerprint density at radius 3 is 1.58 bits per heavy atom. The van der Waals surface area contributed by atoms with Crippen molar-refractivity contribution in [2.75, 3.05) is 6.61 Å². The normalized spacial score (nSPS) is 9.92. The lowest BCUT2D eigenvalue weighted by Gasteiger charge is -2.07. The molecule has 0 spiro atoms. The molecule has 0 saturated carbocycles. The number of halogens is 6. The van der Waals surface area contributed by atoms with Gasteiger partial charge in [-0.15, -0.1) is 0 Å². The highest BCUT2D eigenvalue weighted by atomic mass is 35.5. The van der Waals surface area contributed by atoms with Crippen LogP contribution in [0.3, 0.4) is 0 Å². The van der Waals surface area contributed by atoms with Crippen molar-refractivity contribution < 1.29 is 19.7 Å². The number of phenols is 1. The SMILES string of the molecule is O=C(O)COc1c(Cl)cc(Cl)cc1Cl.Oc1c(Cl)cc(Cl)cc1Cl. The van der Waals surface area contributed by atoms with E-state index in [9.17, 15) is 4.79 Å². The van der Waals surface area contributed by atoms with E-state index in [1.165, 1.54) is 24.3 Å². The topological polar surface area (TPSA) is 66.8 Å². The number of phenolic OH excluding ortho intramolecular Hbond substituents is 1. The quantitative estimate of drug-likeness (QED) is 0.560. The van der Waals surface area contributed by atoms with E-state index in [-0.39, 0.29) is 31.6 Å². The first-order chi connectivity index (χ1) is 11.1. The Bertz CT molecular complexity index is 704. The number of carboxylic acid groups (broad SMARTS) is 1. The predicted octanol–water partition coefficient (Wildman–Crippen LogP) is 6.46. The average molecular weight is 453 g/mol.